The van der Waals surface area contributed by atoms with Gasteiger partial charge in [-0.15, -0.1) is 0 Å². The summed E-state index contributed by atoms with van der Waals surface area (Å²) in [6, 6.07) is 10.2. The van der Waals surface area contributed by atoms with Gasteiger partial charge in [-0.25, -0.2) is 9.59 Å². The van der Waals surface area contributed by atoms with Crippen LogP contribution in [0.3, 0.4) is 0 Å². The number of aliphatic hydroxyl groups excluding tert-OH is 1. The van der Waals surface area contributed by atoms with Crippen molar-refractivity contribution in [2.75, 3.05) is 0 Å². The molecule has 0 spiro atoms. The molecule has 2 aromatic carbocycles. The van der Waals surface area contributed by atoms with Crippen LogP contribution in [-0.4, -0.2) is 38.7 Å². The molecule has 2 aliphatic rings. The van der Waals surface area contributed by atoms with Gasteiger partial charge in [0.25, 0.3) is 11.4 Å². The Morgan fingerprint density at radius 1 is 0.818 bits per heavy atom. The Hall–Kier alpha value is -3.77. The van der Waals surface area contributed by atoms with E-state index in [0.717, 1.165) is 25.7 Å². The predicted octanol–water partition coefficient (Wildman–Crippen LogP) is 4.75. The van der Waals surface area contributed by atoms with E-state index in [1.807, 2.05) is 0 Å². The zero-order chi connectivity index (χ0) is 24.4. The summed E-state index contributed by atoms with van der Waals surface area (Å²) in [7, 11) is 0. The first-order valence-corrected chi connectivity index (χ1v) is 9.94. The van der Waals surface area contributed by atoms with Crippen molar-refractivity contribution in [1.82, 2.24) is 0 Å². The van der Waals surface area contributed by atoms with Crippen molar-refractivity contribution in [3.8, 4) is 11.5 Å². The van der Waals surface area contributed by atoms with Crippen LogP contribution in [0.2, 0.25) is 0 Å². The maximum atomic E-state index is 11.1. The van der Waals surface area contributed by atoms with Gasteiger partial charge in [-0.1, -0.05) is 0 Å². The Labute approximate surface area is 191 Å². The summed E-state index contributed by atoms with van der Waals surface area (Å²) in [5, 5.41) is 28.7. The maximum absolute atomic E-state index is 11.1. The van der Waals surface area contributed by atoms with Crippen molar-refractivity contribution >= 4 is 34.6 Å². The monoisotopic (exact) mass is 482 g/mol. The van der Waals surface area contributed by atoms with Crippen molar-refractivity contribution in [1.29, 1.82) is 0 Å². The van der Waals surface area contributed by atoms with Crippen molar-refractivity contribution in [3.05, 3.63) is 68.8 Å². The maximum Gasteiger partial charge on any atom is 0.514 e. The van der Waals surface area contributed by atoms with E-state index in [1.54, 1.807) is 0 Å². The summed E-state index contributed by atoms with van der Waals surface area (Å²) < 4.78 is 14.1. The lowest BCUT2D eigenvalue weighted by Gasteiger charge is -2.03. The summed E-state index contributed by atoms with van der Waals surface area (Å²) in [5.74, 6) is 0.404. The number of nitro benzene ring substituents is 2. The normalized spacial score (nSPS) is 13.8. The summed E-state index contributed by atoms with van der Waals surface area (Å²) in [6.45, 7) is 0. The smallest absolute Gasteiger partial charge is 0.431 e. The van der Waals surface area contributed by atoms with E-state index in [0.29, 0.717) is 0 Å². The van der Waals surface area contributed by atoms with Crippen molar-refractivity contribution in [2.45, 2.75) is 37.9 Å². The molecule has 4 rings (SSSR count). The first-order chi connectivity index (χ1) is 15.6. The quantitative estimate of drug-likeness (QED) is 0.206. The van der Waals surface area contributed by atoms with Crippen molar-refractivity contribution in [2.24, 2.45) is 0 Å². The standard InChI is InChI=1S/C10H9NO5.C7H4ClNO4.C3H6O/c12-10(16-9-5-6-9)15-8-3-1-7(2-4-8)11(13)14;8-7(10)13-6-3-1-5(2-4-6)9(11)12;4-3-1-2-3/h1-4,9H,5-6H2;1-4H;3-4H,1-2H2. The molecule has 0 unspecified atom stereocenters. The molecule has 0 saturated heterocycles. The first kappa shape index (κ1) is 25.5. The number of hydrogen-bond donors (Lipinski definition) is 1. The Balaban J connectivity index is 0.000000203. The molecule has 0 heterocycles. The van der Waals surface area contributed by atoms with Gasteiger partial charge < -0.3 is 19.3 Å². The van der Waals surface area contributed by atoms with E-state index >= 15 is 0 Å². The van der Waals surface area contributed by atoms with Gasteiger partial charge in [-0.2, -0.15) is 0 Å². The lowest BCUT2D eigenvalue weighted by molar-refractivity contribution is -0.385. The highest BCUT2D eigenvalue weighted by Crippen LogP contribution is 2.25. The molecule has 0 atom stereocenters. The highest BCUT2D eigenvalue weighted by molar-refractivity contribution is 6.61. The Bertz CT molecular complexity index is 973. The van der Waals surface area contributed by atoms with Gasteiger partial charge in [-0.3, -0.25) is 20.2 Å². The van der Waals surface area contributed by atoms with Gasteiger partial charge in [-0.05, 0) is 49.9 Å². The van der Waals surface area contributed by atoms with Crippen LogP contribution in [0, 0.1) is 20.2 Å². The van der Waals surface area contributed by atoms with Gasteiger partial charge >= 0.3 is 11.6 Å². The minimum Gasteiger partial charge on any atom is -0.431 e. The number of nitro groups is 2. The second-order valence-corrected chi connectivity index (χ2v) is 7.05. The second-order valence-electron chi connectivity index (χ2n) is 6.74. The zero-order valence-electron chi connectivity index (χ0n) is 17.0. The molecule has 2 aromatic rings. The van der Waals surface area contributed by atoms with Crippen LogP contribution >= 0.6 is 11.6 Å². The van der Waals surface area contributed by atoms with Gasteiger partial charge in [0.05, 0.1) is 16.0 Å². The van der Waals surface area contributed by atoms with Crippen LogP contribution in [0.5, 0.6) is 11.5 Å². The first-order valence-electron chi connectivity index (χ1n) is 9.56. The number of ether oxygens (including phenoxy) is 3. The molecule has 176 valence electrons. The molecule has 0 bridgehead atoms. The number of halogens is 1. The highest BCUT2D eigenvalue weighted by Gasteiger charge is 2.27. The number of aliphatic hydroxyl groups is 1. The second kappa shape index (κ2) is 12.3. The number of carbonyl (C=O) groups excluding carboxylic acids is 2. The van der Waals surface area contributed by atoms with E-state index in [4.69, 9.17) is 26.2 Å². The fourth-order valence-electron chi connectivity index (χ4n) is 1.88. The summed E-state index contributed by atoms with van der Waals surface area (Å²) in [6.07, 6.45) is 3.12. The van der Waals surface area contributed by atoms with Crippen LogP contribution < -0.4 is 9.47 Å². The zero-order valence-corrected chi connectivity index (χ0v) is 17.8. The van der Waals surface area contributed by atoms with Crippen LogP contribution in [-0.2, 0) is 4.74 Å². The van der Waals surface area contributed by atoms with E-state index in [-0.39, 0.29) is 35.1 Å². The third kappa shape index (κ3) is 10.9. The SMILES string of the molecule is O=C(Cl)Oc1ccc([N+](=O)[O-])cc1.O=C(Oc1ccc([N+](=O)[O-])cc1)OC1CC1.OC1CC1. The highest BCUT2D eigenvalue weighted by atomic mass is 35.5. The van der Waals surface area contributed by atoms with Gasteiger partial charge in [0.2, 0.25) is 0 Å². The Kier molecular flexibility index (Phi) is 9.51. The lowest BCUT2D eigenvalue weighted by atomic mass is 10.3. The molecular formula is C20H19ClN2O10. The van der Waals surface area contributed by atoms with Gasteiger partial charge in [0.1, 0.15) is 17.6 Å². The van der Waals surface area contributed by atoms with Gasteiger partial charge in [0, 0.05) is 35.9 Å². The summed E-state index contributed by atoms with van der Waals surface area (Å²) in [5.41, 5.74) is -1.11. The van der Waals surface area contributed by atoms with Crippen LogP contribution in [0.15, 0.2) is 48.5 Å². The van der Waals surface area contributed by atoms with E-state index < -0.39 is 21.4 Å². The Morgan fingerprint density at radius 2 is 1.21 bits per heavy atom. The van der Waals surface area contributed by atoms with E-state index in [1.165, 1.54) is 48.5 Å². The molecular weight excluding hydrogens is 464 g/mol. The average Bonchev–Trinajstić information content (AvgIpc) is 3.68. The largest absolute Gasteiger partial charge is 0.514 e. The number of hydrogen-bond acceptors (Lipinski definition) is 10. The molecule has 2 fully saturated rings. The average molecular weight is 483 g/mol. The van der Waals surface area contributed by atoms with Gasteiger partial charge in [0.15, 0.2) is 0 Å². The van der Waals surface area contributed by atoms with Crippen LogP contribution in [0.25, 0.3) is 0 Å². The summed E-state index contributed by atoms with van der Waals surface area (Å²) in [4.78, 5) is 40.8. The fraction of sp³-hybridized carbons (Fsp3) is 0.300. The number of benzene rings is 2. The third-order valence-corrected chi connectivity index (χ3v) is 3.91. The number of nitrogens with zero attached hydrogens (tertiary/aromatic N) is 2. The number of rotatable bonds is 5. The van der Waals surface area contributed by atoms with Crippen molar-refractivity contribution in [3.63, 3.8) is 0 Å². The molecule has 2 saturated carbocycles. The van der Waals surface area contributed by atoms with E-state index in [9.17, 15) is 29.8 Å². The molecule has 2 aliphatic carbocycles. The minimum atomic E-state index is -0.978. The molecule has 12 nitrogen and oxygen atoms in total. The number of non-ortho nitro benzene ring substituents is 2. The molecule has 0 amide bonds. The molecule has 0 aliphatic heterocycles. The van der Waals surface area contributed by atoms with Crippen molar-refractivity contribution < 1.29 is 38.8 Å². The third-order valence-electron chi connectivity index (χ3n) is 3.83. The topological polar surface area (TPSA) is 168 Å². The van der Waals surface area contributed by atoms with Crippen LogP contribution in [0.4, 0.5) is 21.0 Å². The van der Waals surface area contributed by atoms with E-state index in [2.05, 4.69) is 4.74 Å². The summed E-state index contributed by atoms with van der Waals surface area (Å²) >= 11 is 4.92. The molecule has 0 aromatic heterocycles. The van der Waals surface area contributed by atoms with Crippen LogP contribution in [0.1, 0.15) is 25.7 Å². The molecule has 33 heavy (non-hydrogen) atoms. The molecule has 13 heteroatoms. The minimum absolute atomic E-state index is 0.0226. The lowest BCUT2D eigenvalue weighted by Crippen LogP contribution is -2.11. The number of carbonyl (C=O) groups is 2. The Morgan fingerprint density at radius 3 is 1.52 bits per heavy atom. The molecule has 1 N–H and O–H groups in total. The predicted molar refractivity (Wildman–Crippen MR) is 113 cm³/mol. The molecule has 0 radical (unpaired) electrons. The fourth-order valence-corrected chi connectivity index (χ4v) is 1.97.